The number of nitrogens with one attached hydrogen (secondary N) is 1. The van der Waals surface area contributed by atoms with E-state index in [2.05, 4.69) is 24.0 Å². The fraction of sp³-hybridized carbons (Fsp3) is 0.0909. The highest BCUT2D eigenvalue weighted by atomic mass is 14.8. The molecule has 0 saturated heterocycles. The Balaban J connectivity index is 2.52. The van der Waals surface area contributed by atoms with Gasteiger partial charge >= 0.3 is 0 Å². The predicted octanol–water partition coefficient (Wildman–Crippen LogP) is 2.57. The minimum absolute atomic E-state index is 0.707. The Morgan fingerprint density at radius 1 is 1.23 bits per heavy atom. The number of nitrogen functional groups attached to an aromatic ring is 1. The minimum Gasteiger partial charge on any atom is -0.385 e. The zero-order valence-electron chi connectivity index (χ0n) is 7.54. The molecule has 0 spiro atoms. The largest absolute Gasteiger partial charge is 0.385 e. The highest BCUT2D eigenvalue weighted by Gasteiger charge is 2.01. The van der Waals surface area contributed by atoms with Crippen molar-refractivity contribution in [2.45, 2.75) is 6.92 Å². The highest BCUT2D eigenvalue weighted by molar-refractivity contribution is 5.69. The molecule has 0 atom stereocenters. The number of anilines is 1. The fourth-order valence-electron chi connectivity index (χ4n) is 1.46. The van der Waals surface area contributed by atoms with E-state index in [0.29, 0.717) is 5.82 Å². The van der Waals surface area contributed by atoms with Crippen LogP contribution in [0.4, 0.5) is 5.82 Å². The Morgan fingerprint density at radius 3 is 2.62 bits per heavy atom. The van der Waals surface area contributed by atoms with Crippen LogP contribution in [0.5, 0.6) is 0 Å². The molecule has 2 rings (SSSR count). The molecule has 0 fully saturated rings. The van der Waals surface area contributed by atoms with Gasteiger partial charge in [0.25, 0.3) is 0 Å². The molecule has 2 aromatic rings. The highest BCUT2D eigenvalue weighted by Crippen LogP contribution is 2.23. The molecule has 0 saturated carbocycles. The van der Waals surface area contributed by atoms with E-state index in [1.54, 1.807) is 0 Å². The van der Waals surface area contributed by atoms with Crippen molar-refractivity contribution in [1.82, 2.24) is 4.98 Å². The Bertz CT molecular complexity index is 416. The van der Waals surface area contributed by atoms with Crippen LogP contribution in [0, 0.1) is 6.92 Å². The summed E-state index contributed by atoms with van der Waals surface area (Å²) in [6.07, 6.45) is 1.93. The van der Waals surface area contributed by atoms with Crippen molar-refractivity contribution in [2.24, 2.45) is 0 Å². The van der Waals surface area contributed by atoms with Gasteiger partial charge in [0, 0.05) is 11.8 Å². The van der Waals surface area contributed by atoms with Crippen LogP contribution < -0.4 is 5.73 Å². The van der Waals surface area contributed by atoms with Crippen molar-refractivity contribution in [2.75, 3.05) is 5.73 Å². The number of hydrogen-bond acceptors (Lipinski definition) is 1. The van der Waals surface area contributed by atoms with E-state index < -0.39 is 0 Å². The fourth-order valence-corrected chi connectivity index (χ4v) is 1.46. The lowest BCUT2D eigenvalue weighted by Crippen LogP contribution is -1.80. The number of hydrogen-bond donors (Lipinski definition) is 2. The minimum atomic E-state index is 0.707. The summed E-state index contributed by atoms with van der Waals surface area (Å²) in [6.45, 7) is 2.10. The maximum atomic E-state index is 5.61. The van der Waals surface area contributed by atoms with Crippen molar-refractivity contribution >= 4 is 5.82 Å². The van der Waals surface area contributed by atoms with Crippen LogP contribution in [0.3, 0.4) is 0 Å². The lowest BCUT2D eigenvalue weighted by Gasteiger charge is -2.00. The van der Waals surface area contributed by atoms with E-state index in [1.807, 2.05) is 24.4 Å². The predicted molar refractivity (Wildman–Crippen MR) is 55.4 cm³/mol. The van der Waals surface area contributed by atoms with Crippen LogP contribution in [-0.2, 0) is 0 Å². The molecule has 2 nitrogen and oxygen atoms in total. The molecule has 1 heterocycles. The third-order valence-electron chi connectivity index (χ3n) is 2.16. The molecule has 1 aromatic heterocycles. The second-order valence-corrected chi connectivity index (χ2v) is 3.16. The zero-order chi connectivity index (χ0) is 9.26. The molecule has 0 aliphatic heterocycles. The van der Waals surface area contributed by atoms with Gasteiger partial charge in [-0.1, -0.05) is 24.3 Å². The van der Waals surface area contributed by atoms with Crippen molar-refractivity contribution in [3.63, 3.8) is 0 Å². The van der Waals surface area contributed by atoms with E-state index >= 15 is 0 Å². The van der Waals surface area contributed by atoms with Crippen LogP contribution in [-0.4, -0.2) is 4.98 Å². The molecule has 0 aliphatic rings. The number of aromatic nitrogens is 1. The van der Waals surface area contributed by atoms with Gasteiger partial charge in [-0.05, 0) is 24.1 Å². The topological polar surface area (TPSA) is 41.8 Å². The molecule has 0 aliphatic carbocycles. The quantitative estimate of drug-likeness (QED) is 0.682. The lowest BCUT2D eigenvalue weighted by atomic mass is 10.0. The van der Waals surface area contributed by atoms with Crippen LogP contribution >= 0.6 is 0 Å². The van der Waals surface area contributed by atoms with Gasteiger partial charge in [0.2, 0.25) is 0 Å². The van der Waals surface area contributed by atoms with Crippen LogP contribution in [0.1, 0.15) is 5.56 Å². The van der Waals surface area contributed by atoms with E-state index in [1.165, 1.54) is 11.1 Å². The Morgan fingerprint density at radius 2 is 2.00 bits per heavy atom. The van der Waals surface area contributed by atoms with Crippen molar-refractivity contribution in [3.05, 3.63) is 42.1 Å². The molecule has 0 bridgehead atoms. The van der Waals surface area contributed by atoms with Gasteiger partial charge < -0.3 is 10.7 Å². The molecule has 66 valence electrons. The summed E-state index contributed by atoms with van der Waals surface area (Å²) in [5.74, 6) is 0.707. The third-order valence-corrected chi connectivity index (χ3v) is 2.16. The maximum Gasteiger partial charge on any atom is 0.101 e. The van der Waals surface area contributed by atoms with Crippen molar-refractivity contribution in [1.29, 1.82) is 0 Å². The van der Waals surface area contributed by atoms with Gasteiger partial charge in [-0.3, -0.25) is 0 Å². The third kappa shape index (κ3) is 1.43. The van der Waals surface area contributed by atoms with Gasteiger partial charge in [-0.25, -0.2) is 0 Å². The van der Waals surface area contributed by atoms with Gasteiger partial charge in [0.1, 0.15) is 5.82 Å². The van der Waals surface area contributed by atoms with Gasteiger partial charge in [0.05, 0.1) is 0 Å². The maximum absolute atomic E-state index is 5.61. The monoisotopic (exact) mass is 172 g/mol. The van der Waals surface area contributed by atoms with Crippen molar-refractivity contribution in [3.8, 4) is 11.1 Å². The number of benzene rings is 1. The molecule has 2 heteroatoms. The first kappa shape index (κ1) is 7.92. The summed E-state index contributed by atoms with van der Waals surface area (Å²) in [7, 11) is 0. The molecule has 13 heavy (non-hydrogen) atoms. The van der Waals surface area contributed by atoms with E-state index in [0.717, 1.165) is 5.56 Å². The molecule has 3 N–H and O–H groups in total. The Labute approximate surface area is 77.4 Å². The van der Waals surface area contributed by atoms with Gasteiger partial charge in [-0.15, -0.1) is 0 Å². The first-order valence-corrected chi connectivity index (χ1v) is 4.27. The van der Waals surface area contributed by atoms with Gasteiger partial charge in [-0.2, -0.15) is 0 Å². The van der Waals surface area contributed by atoms with Crippen LogP contribution in [0.15, 0.2) is 36.5 Å². The number of H-pyrrole nitrogens is 1. The molecular weight excluding hydrogens is 160 g/mol. The summed E-state index contributed by atoms with van der Waals surface area (Å²) < 4.78 is 0. The molecule has 0 unspecified atom stereocenters. The number of rotatable bonds is 1. The summed E-state index contributed by atoms with van der Waals surface area (Å²) in [5.41, 5.74) is 9.26. The molecule has 1 aromatic carbocycles. The standard InChI is InChI=1S/C11H12N2/c1-8-4-2-3-5-10(8)9-6-11(12)13-7-9/h2-7,13H,12H2,1H3. The summed E-state index contributed by atoms with van der Waals surface area (Å²) in [4.78, 5) is 2.97. The molecule has 0 amide bonds. The second-order valence-electron chi connectivity index (χ2n) is 3.16. The second kappa shape index (κ2) is 2.98. The normalized spacial score (nSPS) is 10.2. The summed E-state index contributed by atoms with van der Waals surface area (Å²) in [5, 5.41) is 0. The first-order chi connectivity index (χ1) is 6.27. The molecule has 0 radical (unpaired) electrons. The average Bonchev–Trinajstić information content (AvgIpc) is 2.53. The van der Waals surface area contributed by atoms with Crippen LogP contribution in [0.25, 0.3) is 11.1 Å². The SMILES string of the molecule is Cc1ccccc1-c1c[nH]c(N)c1. The Hall–Kier alpha value is -1.70. The smallest absolute Gasteiger partial charge is 0.101 e. The van der Waals surface area contributed by atoms with E-state index in [9.17, 15) is 0 Å². The van der Waals surface area contributed by atoms with Crippen LogP contribution in [0.2, 0.25) is 0 Å². The lowest BCUT2D eigenvalue weighted by molar-refractivity contribution is 1.41. The molecular formula is C11H12N2. The van der Waals surface area contributed by atoms with E-state index in [4.69, 9.17) is 5.73 Å². The number of aromatic amines is 1. The van der Waals surface area contributed by atoms with Gasteiger partial charge in [0.15, 0.2) is 0 Å². The summed E-state index contributed by atoms with van der Waals surface area (Å²) in [6, 6.07) is 10.2. The number of nitrogens with two attached hydrogens (primary N) is 1. The summed E-state index contributed by atoms with van der Waals surface area (Å²) >= 11 is 0. The van der Waals surface area contributed by atoms with Crippen molar-refractivity contribution < 1.29 is 0 Å². The zero-order valence-corrected chi connectivity index (χ0v) is 7.54. The van der Waals surface area contributed by atoms with E-state index in [-0.39, 0.29) is 0 Å². The number of aryl methyl sites for hydroxylation is 1. The Kier molecular flexibility index (Phi) is 1.81. The average molecular weight is 172 g/mol. The first-order valence-electron chi connectivity index (χ1n) is 4.27.